The third-order valence-corrected chi connectivity index (χ3v) is 3.52. The van der Waals surface area contributed by atoms with E-state index in [-0.39, 0.29) is 0 Å². The molecular weight excluding hydrogens is 286 g/mol. The zero-order valence-electron chi connectivity index (χ0n) is 13.2. The summed E-state index contributed by atoms with van der Waals surface area (Å²) < 4.78 is 0. The topological polar surface area (TPSA) is 58.3 Å². The second-order valence-electron chi connectivity index (χ2n) is 5.33. The lowest BCUT2D eigenvalue weighted by Crippen LogP contribution is -2.20. The van der Waals surface area contributed by atoms with Crippen molar-refractivity contribution < 1.29 is 0 Å². The Labute approximate surface area is 136 Å². The predicted molar refractivity (Wildman–Crippen MR) is 95.5 cm³/mol. The number of benzene rings is 2. The van der Waals surface area contributed by atoms with Crippen LogP contribution in [0.15, 0.2) is 67.0 Å². The number of nitrogens with two attached hydrogens (primary N) is 1. The van der Waals surface area contributed by atoms with Crippen LogP contribution < -0.4 is 15.5 Å². The minimum atomic E-state index is 0.455. The summed E-state index contributed by atoms with van der Waals surface area (Å²) in [7, 11) is 3.87. The molecule has 0 aliphatic heterocycles. The summed E-state index contributed by atoms with van der Waals surface area (Å²) in [5, 5.41) is 0. The van der Waals surface area contributed by atoms with Crippen LogP contribution >= 0.6 is 0 Å². The van der Waals surface area contributed by atoms with Gasteiger partial charge in [0.1, 0.15) is 12.0 Å². The molecule has 0 unspecified atom stereocenters. The second kappa shape index (κ2) is 6.36. The molecule has 116 valence electrons. The standard InChI is InChI=1S/C18H19N5/c1-22(2)16-17(19)20-13-21-18(16)23(14-9-5-3-6-10-14)15-11-7-4-8-12-15/h3-13H,1-2H3,(H2,19,20,21). The molecule has 1 aromatic heterocycles. The zero-order chi connectivity index (χ0) is 16.2. The molecule has 2 N–H and O–H groups in total. The molecule has 23 heavy (non-hydrogen) atoms. The zero-order valence-corrected chi connectivity index (χ0v) is 13.2. The average molecular weight is 305 g/mol. The minimum absolute atomic E-state index is 0.455. The van der Waals surface area contributed by atoms with Gasteiger partial charge in [0.15, 0.2) is 11.6 Å². The molecule has 1 heterocycles. The number of rotatable bonds is 4. The van der Waals surface area contributed by atoms with Crippen molar-refractivity contribution in [1.29, 1.82) is 0 Å². The molecule has 0 saturated carbocycles. The number of nitrogen functional groups attached to an aromatic ring is 1. The number of anilines is 5. The normalized spacial score (nSPS) is 10.3. The molecule has 5 heteroatoms. The largest absolute Gasteiger partial charge is 0.382 e. The second-order valence-corrected chi connectivity index (χ2v) is 5.33. The number of para-hydroxylation sites is 2. The Bertz CT molecular complexity index is 732. The maximum Gasteiger partial charge on any atom is 0.166 e. The quantitative estimate of drug-likeness (QED) is 0.798. The van der Waals surface area contributed by atoms with Gasteiger partial charge in [-0.3, -0.25) is 4.90 Å². The highest BCUT2D eigenvalue weighted by Gasteiger charge is 2.20. The van der Waals surface area contributed by atoms with Crippen LogP contribution in [0.3, 0.4) is 0 Å². The van der Waals surface area contributed by atoms with Gasteiger partial charge in [-0.25, -0.2) is 9.97 Å². The fraction of sp³-hybridized carbons (Fsp3) is 0.111. The van der Waals surface area contributed by atoms with Crippen LogP contribution in [0.1, 0.15) is 0 Å². The van der Waals surface area contributed by atoms with Crippen molar-refractivity contribution in [1.82, 2.24) is 9.97 Å². The summed E-state index contributed by atoms with van der Waals surface area (Å²) >= 11 is 0. The highest BCUT2D eigenvalue weighted by Crippen LogP contribution is 2.39. The number of hydrogen-bond donors (Lipinski definition) is 1. The fourth-order valence-corrected chi connectivity index (χ4v) is 2.52. The third kappa shape index (κ3) is 2.94. The monoisotopic (exact) mass is 305 g/mol. The van der Waals surface area contributed by atoms with Crippen LogP contribution in [-0.2, 0) is 0 Å². The van der Waals surface area contributed by atoms with Crippen molar-refractivity contribution in [3.05, 3.63) is 67.0 Å². The number of nitrogens with zero attached hydrogens (tertiary/aromatic N) is 4. The molecule has 0 bridgehead atoms. The van der Waals surface area contributed by atoms with E-state index in [2.05, 4.69) is 14.9 Å². The first-order valence-corrected chi connectivity index (χ1v) is 7.36. The molecule has 0 spiro atoms. The van der Waals surface area contributed by atoms with Crippen LogP contribution in [0.5, 0.6) is 0 Å². The summed E-state index contributed by atoms with van der Waals surface area (Å²) in [6.07, 6.45) is 1.50. The lowest BCUT2D eigenvalue weighted by molar-refractivity contribution is 1.05. The van der Waals surface area contributed by atoms with Gasteiger partial charge in [-0.05, 0) is 24.3 Å². The fourth-order valence-electron chi connectivity index (χ4n) is 2.52. The highest BCUT2D eigenvalue weighted by atomic mass is 15.3. The molecule has 0 atom stereocenters. The Morgan fingerprint density at radius 1 is 0.783 bits per heavy atom. The van der Waals surface area contributed by atoms with Gasteiger partial charge in [-0.15, -0.1) is 0 Å². The van der Waals surface area contributed by atoms with Gasteiger partial charge in [0.25, 0.3) is 0 Å². The summed E-state index contributed by atoms with van der Waals surface area (Å²) in [5.41, 5.74) is 8.92. The van der Waals surface area contributed by atoms with E-state index in [0.717, 1.165) is 22.9 Å². The van der Waals surface area contributed by atoms with E-state index in [1.165, 1.54) is 6.33 Å². The van der Waals surface area contributed by atoms with Crippen LogP contribution in [0.25, 0.3) is 0 Å². The molecule has 5 nitrogen and oxygen atoms in total. The smallest absolute Gasteiger partial charge is 0.166 e. The molecule has 0 aliphatic carbocycles. The molecule has 0 saturated heterocycles. The van der Waals surface area contributed by atoms with Gasteiger partial charge < -0.3 is 10.6 Å². The lowest BCUT2D eigenvalue weighted by atomic mass is 10.2. The van der Waals surface area contributed by atoms with Crippen molar-refractivity contribution in [3.8, 4) is 0 Å². The van der Waals surface area contributed by atoms with Crippen molar-refractivity contribution in [2.75, 3.05) is 29.6 Å². The summed E-state index contributed by atoms with van der Waals surface area (Å²) in [4.78, 5) is 12.6. The molecule has 2 aromatic carbocycles. The van der Waals surface area contributed by atoms with Gasteiger partial charge in [0, 0.05) is 25.5 Å². The van der Waals surface area contributed by atoms with E-state index in [4.69, 9.17) is 5.73 Å². The first kappa shape index (κ1) is 14.8. The van der Waals surface area contributed by atoms with Gasteiger partial charge in [-0.2, -0.15) is 0 Å². The summed E-state index contributed by atoms with van der Waals surface area (Å²) in [5.74, 6) is 1.21. The molecule has 0 radical (unpaired) electrons. The van der Waals surface area contributed by atoms with Crippen molar-refractivity contribution in [2.45, 2.75) is 0 Å². The van der Waals surface area contributed by atoms with E-state index in [9.17, 15) is 0 Å². The van der Waals surface area contributed by atoms with Crippen LogP contribution in [-0.4, -0.2) is 24.1 Å². The molecule has 0 fully saturated rings. The van der Waals surface area contributed by atoms with Crippen molar-refractivity contribution in [3.63, 3.8) is 0 Å². The first-order chi connectivity index (χ1) is 11.2. The molecule has 0 amide bonds. The van der Waals surface area contributed by atoms with E-state index in [0.29, 0.717) is 5.82 Å². The Hall–Kier alpha value is -3.08. The predicted octanol–water partition coefficient (Wildman–Crippen LogP) is 3.59. The molecular formula is C18H19N5. The SMILES string of the molecule is CN(C)c1c(N)ncnc1N(c1ccccc1)c1ccccc1. The molecule has 0 aliphatic rings. The van der Waals surface area contributed by atoms with Gasteiger partial charge >= 0.3 is 0 Å². The molecule has 3 rings (SSSR count). The number of hydrogen-bond acceptors (Lipinski definition) is 5. The maximum atomic E-state index is 6.10. The van der Waals surface area contributed by atoms with Crippen molar-refractivity contribution in [2.24, 2.45) is 0 Å². The Morgan fingerprint density at radius 3 is 1.78 bits per heavy atom. The van der Waals surface area contributed by atoms with Crippen LogP contribution in [0, 0.1) is 0 Å². The van der Waals surface area contributed by atoms with E-state index < -0.39 is 0 Å². The van der Waals surface area contributed by atoms with Gasteiger partial charge in [-0.1, -0.05) is 36.4 Å². The van der Waals surface area contributed by atoms with Gasteiger partial charge in [0.2, 0.25) is 0 Å². The molecule has 3 aromatic rings. The van der Waals surface area contributed by atoms with E-state index >= 15 is 0 Å². The lowest BCUT2D eigenvalue weighted by Gasteiger charge is -2.28. The third-order valence-electron chi connectivity index (χ3n) is 3.52. The Balaban J connectivity index is 2.24. The maximum absolute atomic E-state index is 6.10. The summed E-state index contributed by atoms with van der Waals surface area (Å²) in [6, 6.07) is 20.2. The van der Waals surface area contributed by atoms with Gasteiger partial charge in [0.05, 0.1) is 0 Å². The van der Waals surface area contributed by atoms with Crippen molar-refractivity contribution >= 4 is 28.7 Å². The number of aromatic nitrogens is 2. The average Bonchev–Trinajstić information content (AvgIpc) is 2.57. The minimum Gasteiger partial charge on any atom is -0.382 e. The van der Waals surface area contributed by atoms with Crippen LogP contribution in [0.2, 0.25) is 0 Å². The first-order valence-electron chi connectivity index (χ1n) is 7.36. The van der Waals surface area contributed by atoms with E-state index in [1.807, 2.05) is 79.7 Å². The Morgan fingerprint density at radius 2 is 1.30 bits per heavy atom. The summed E-state index contributed by atoms with van der Waals surface area (Å²) in [6.45, 7) is 0. The Kier molecular flexibility index (Phi) is 4.10. The van der Waals surface area contributed by atoms with Crippen LogP contribution in [0.4, 0.5) is 28.7 Å². The van der Waals surface area contributed by atoms with E-state index in [1.54, 1.807) is 0 Å². The highest BCUT2D eigenvalue weighted by molar-refractivity contribution is 5.86.